The van der Waals surface area contributed by atoms with Crippen molar-refractivity contribution in [1.29, 1.82) is 0 Å². The first-order valence-electron chi connectivity index (χ1n) is 7.56. The van der Waals surface area contributed by atoms with Gasteiger partial charge >= 0.3 is 5.97 Å². The zero-order chi connectivity index (χ0) is 16.4. The molecule has 0 amide bonds. The molecule has 0 saturated carbocycles. The monoisotopic (exact) mass is 323 g/mol. The van der Waals surface area contributed by atoms with E-state index in [-0.39, 0.29) is 12.1 Å². The average molecular weight is 323 g/mol. The van der Waals surface area contributed by atoms with Gasteiger partial charge in [0, 0.05) is 6.42 Å². The maximum absolute atomic E-state index is 12.2. The maximum Gasteiger partial charge on any atom is 0.338 e. The van der Waals surface area contributed by atoms with Gasteiger partial charge in [-0.2, -0.15) is 0 Å². The molecular weight excluding hydrogens is 298 g/mol. The van der Waals surface area contributed by atoms with Gasteiger partial charge in [-0.05, 0) is 45.6 Å². The molecule has 22 heavy (non-hydrogen) atoms. The first kappa shape index (κ1) is 17.1. The van der Waals surface area contributed by atoms with Gasteiger partial charge in [0.2, 0.25) is 8.32 Å². The highest BCUT2D eigenvalue weighted by Crippen LogP contribution is 2.28. The van der Waals surface area contributed by atoms with Crippen LogP contribution in [0.5, 0.6) is 0 Å². The van der Waals surface area contributed by atoms with E-state index >= 15 is 0 Å². The SMILES string of the molecule is CC1(C)CC(OC(=O)c2ccccc2)CN(O[Si](C)(C)C)O1. The van der Waals surface area contributed by atoms with Crippen LogP contribution < -0.4 is 0 Å². The van der Waals surface area contributed by atoms with E-state index < -0.39 is 13.9 Å². The fourth-order valence-corrected chi connectivity index (χ4v) is 3.09. The highest BCUT2D eigenvalue weighted by atomic mass is 28.4. The number of ether oxygens (including phenoxy) is 1. The Labute approximate surface area is 133 Å². The van der Waals surface area contributed by atoms with Crippen LogP contribution in [-0.4, -0.2) is 37.8 Å². The Morgan fingerprint density at radius 2 is 1.91 bits per heavy atom. The first-order valence-corrected chi connectivity index (χ1v) is 11.0. The third-order valence-electron chi connectivity index (χ3n) is 3.08. The Morgan fingerprint density at radius 1 is 1.27 bits per heavy atom. The number of hydroxylamine groups is 2. The molecule has 1 aliphatic rings. The number of nitrogens with zero attached hydrogens (tertiary/aromatic N) is 1. The number of benzene rings is 1. The molecule has 0 bridgehead atoms. The van der Waals surface area contributed by atoms with Crippen molar-refractivity contribution in [2.75, 3.05) is 6.54 Å². The van der Waals surface area contributed by atoms with E-state index in [1.54, 1.807) is 12.1 Å². The standard InChI is InChI=1S/C16H25NO4Si/c1-16(2)11-14(12-17(20-16)21-22(3,4)5)19-15(18)13-9-7-6-8-10-13/h6-10,14H,11-12H2,1-5H3. The Morgan fingerprint density at radius 3 is 2.50 bits per heavy atom. The smallest absolute Gasteiger partial charge is 0.338 e. The van der Waals surface area contributed by atoms with Crippen LogP contribution in [0.25, 0.3) is 0 Å². The van der Waals surface area contributed by atoms with E-state index in [1.807, 2.05) is 32.0 Å². The lowest BCUT2D eigenvalue weighted by atomic mass is 9.99. The topological polar surface area (TPSA) is 48.0 Å². The number of hydrogen-bond acceptors (Lipinski definition) is 5. The number of carbonyl (C=O) groups excluding carboxylic acids is 1. The van der Waals surface area contributed by atoms with E-state index in [0.717, 1.165) is 0 Å². The number of esters is 1. The molecule has 0 radical (unpaired) electrons. The van der Waals surface area contributed by atoms with Gasteiger partial charge in [0.1, 0.15) is 6.10 Å². The van der Waals surface area contributed by atoms with Gasteiger partial charge in [-0.3, -0.25) is 4.84 Å². The molecule has 5 nitrogen and oxygen atoms in total. The summed E-state index contributed by atoms with van der Waals surface area (Å²) in [7, 11) is -1.78. The Hall–Kier alpha value is -1.21. The zero-order valence-corrected chi connectivity index (χ0v) is 15.0. The van der Waals surface area contributed by atoms with E-state index in [1.165, 1.54) is 5.23 Å². The van der Waals surface area contributed by atoms with Crippen LogP contribution >= 0.6 is 0 Å². The summed E-state index contributed by atoms with van der Waals surface area (Å²) in [5, 5.41) is 1.50. The minimum Gasteiger partial charge on any atom is -0.457 e. The average Bonchev–Trinajstić information content (AvgIpc) is 2.35. The lowest BCUT2D eigenvalue weighted by molar-refractivity contribution is -0.395. The van der Waals surface area contributed by atoms with Crippen LogP contribution in [0.4, 0.5) is 0 Å². The van der Waals surface area contributed by atoms with E-state index in [2.05, 4.69) is 19.6 Å². The van der Waals surface area contributed by atoms with Crippen molar-refractivity contribution in [3.8, 4) is 0 Å². The second-order valence-electron chi connectivity index (χ2n) is 7.17. The number of rotatable bonds is 4. The zero-order valence-electron chi connectivity index (χ0n) is 14.0. The van der Waals surface area contributed by atoms with Gasteiger partial charge in [0.05, 0.1) is 17.7 Å². The van der Waals surface area contributed by atoms with Crippen molar-refractivity contribution in [1.82, 2.24) is 5.23 Å². The minimum absolute atomic E-state index is 0.257. The molecule has 6 heteroatoms. The molecule has 0 N–H and O–H groups in total. The molecule has 1 atom stereocenters. The van der Waals surface area contributed by atoms with Crippen LogP contribution in [0.2, 0.25) is 19.6 Å². The summed E-state index contributed by atoms with van der Waals surface area (Å²) >= 11 is 0. The van der Waals surface area contributed by atoms with E-state index in [9.17, 15) is 4.79 Å². The molecular formula is C16H25NO4Si. The van der Waals surface area contributed by atoms with Crippen molar-refractivity contribution in [2.24, 2.45) is 0 Å². The third kappa shape index (κ3) is 5.21. The lowest BCUT2D eigenvalue weighted by Gasteiger charge is -2.42. The van der Waals surface area contributed by atoms with Crippen molar-refractivity contribution in [3.63, 3.8) is 0 Å². The van der Waals surface area contributed by atoms with Gasteiger partial charge in [-0.1, -0.05) is 23.4 Å². The molecule has 1 heterocycles. The van der Waals surface area contributed by atoms with Gasteiger partial charge in [-0.25, -0.2) is 4.79 Å². The molecule has 122 valence electrons. The highest BCUT2D eigenvalue weighted by Gasteiger charge is 2.38. The summed E-state index contributed by atoms with van der Waals surface area (Å²) in [5.41, 5.74) is 0.129. The molecule has 1 aromatic rings. The molecule has 1 aromatic carbocycles. The van der Waals surface area contributed by atoms with Crippen LogP contribution in [-0.2, 0) is 14.1 Å². The number of hydrogen-bond donors (Lipinski definition) is 0. The summed E-state index contributed by atoms with van der Waals surface area (Å²) in [5.74, 6) is -0.309. The second-order valence-corrected chi connectivity index (χ2v) is 11.6. The van der Waals surface area contributed by atoms with Crippen LogP contribution in [0.15, 0.2) is 30.3 Å². The predicted molar refractivity (Wildman–Crippen MR) is 86.6 cm³/mol. The third-order valence-corrected chi connectivity index (χ3v) is 3.83. The van der Waals surface area contributed by atoms with Gasteiger partial charge < -0.3 is 9.26 Å². The molecule has 0 aromatic heterocycles. The largest absolute Gasteiger partial charge is 0.457 e. The van der Waals surface area contributed by atoms with Crippen LogP contribution in [0, 0.1) is 0 Å². The normalized spacial score (nSPS) is 22.3. The summed E-state index contributed by atoms with van der Waals surface area (Å²) in [4.78, 5) is 18.0. The van der Waals surface area contributed by atoms with Gasteiger partial charge in [-0.15, -0.1) is 0 Å². The summed E-state index contributed by atoms with van der Waals surface area (Å²) in [6.45, 7) is 10.6. The van der Waals surface area contributed by atoms with Crippen LogP contribution in [0.3, 0.4) is 0 Å². The Bertz CT molecular complexity index is 511. The van der Waals surface area contributed by atoms with E-state index in [0.29, 0.717) is 18.5 Å². The summed E-state index contributed by atoms with van der Waals surface area (Å²) < 4.78 is 11.5. The first-order chi connectivity index (χ1) is 10.1. The van der Waals surface area contributed by atoms with Crippen molar-refractivity contribution in [2.45, 2.75) is 51.6 Å². The summed E-state index contributed by atoms with van der Waals surface area (Å²) in [6.07, 6.45) is 0.379. The summed E-state index contributed by atoms with van der Waals surface area (Å²) in [6, 6.07) is 9.03. The molecule has 1 aliphatic heterocycles. The van der Waals surface area contributed by atoms with Crippen molar-refractivity contribution in [3.05, 3.63) is 35.9 Å². The fraction of sp³-hybridized carbons (Fsp3) is 0.562. The maximum atomic E-state index is 12.2. The minimum atomic E-state index is -1.78. The second kappa shape index (κ2) is 6.50. The molecule has 1 unspecified atom stereocenters. The van der Waals surface area contributed by atoms with Gasteiger partial charge in [0.25, 0.3) is 0 Å². The predicted octanol–water partition coefficient (Wildman–Crippen LogP) is 3.39. The van der Waals surface area contributed by atoms with Crippen molar-refractivity contribution < 1.29 is 18.9 Å². The lowest BCUT2D eigenvalue weighted by Crippen LogP contribution is -2.52. The van der Waals surface area contributed by atoms with E-state index in [4.69, 9.17) is 14.1 Å². The molecule has 1 fully saturated rings. The molecule has 1 saturated heterocycles. The quantitative estimate of drug-likeness (QED) is 0.628. The Kier molecular flexibility index (Phi) is 5.06. The van der Waals surface area contributed by atoms with Crippen molar-refractivity contribution >= 4 is 14.3 Å². The molecule has 0 aliphatic carbocycles. The highest BCUT2D eigenvalue weighted by molar-refractivity contribution is 6.69. The van der Waals surface area contributed by atoms with Crippen LogP contribution in [0.1, 0.15) is 30.6 Å². The number of carbonyl (C=O) groups is 1. The Balaban J connectivity index is 2.02. The molecule has 0 spiro atoms. The molecule has 2 rings (SSSR count). The van der Waals surface area contributed by atoms with Gasteiger partial charge in [0.15, 0.2) is 0 Å². The fourth-order valence-electron chi connectivity index (χ4n) is 2.36.